The lowest BCUT2D eigenvalue weighted by Crippen LogP contribution is -2.50. The number of carbonyl (C=O) groups is 3. The van der Waals surface area contributed by atoms with Crippen molar-refractivity contribution in [3.8, 4) is 0 Å². The summed E-state index contributed by atoms with van der Waals surface area (Å²) in [5.74, 6) is -1.49. The van der Waals surface area contributed by atoms with Gasteiger partial charge in [-0.15, -0.1) is 0 Å². The van der Waals surface area contributed by atoms with E-state index in [4.69, 9.17) is 14.2 Å². The van der Waals surface area contributed by atoms with Crippen molar-refractivity contribution in [3.63, 3.8) is 0 Å². The largest absolute Gasteiger partial charge is 0.477 e. The normalized spacial score (nSPS) is 13.6. The number of likely N-dealkylation sites (N-methyl/N-ethyl adjacent to an activating group) is 1. The summed E-state index contributed by atoms with van der Waals surface area (Å²) in [6.07, 6.45) is 68.9. The molecule has 0 aromatic heterocycles. The Morgan fingerprint density at radius 1 is 0.435 bits per heavy atom. The summed E-state index contributed by atoms with van der Waals surface area (Å²) in [7, 11) is 5.53. The van der Waals surface area contributed by atoms with Gasteiger partial charge in [-0.3, -0.25) is 9.59 Å². The van der Waals surface area contributed by atoms with Crippen molar-refractivity contribution in [2.45, 2.75) is 231 Å². The fourth-order valence-electron chi connectivity index (χ4n) is 7.78. The molecule has 1 N–H and O–H groups in total. The fourth-order valence-corrected chi connectivity index (χ4v) is 7.78. The second-order valence-electron chi connectivity index (χ2n) is 19.4. The molecular weight excluding hydrogens is 859 g/mol. The van der Waals surface area contributed by atoms with Crippen LogP contribution in [0.3, 0.4) is 0 Å². The van der Waals surface area contributed by atoms with Crippen LogP contribution in [0.4, 0.5) is 0 Å². The van der Waals surface area contributed by atoms with Crippen molar-refractivity contribution in [2.75, 3.05) is 41.0 Å². The third kappa shape index (κ3) is 49.0. The van der Waals surface area contributed by atoms with Crippen LogP contribution in [0.2, 0.25) is 0 Å². The highest BCUT2D eigenvalue weighted by Gasteiger charge is 2.31. The Kier molecular flexibility index (Phi) is 47.9. The van der Waals surface area contributed by atoms with Gasteiger partial charge in [0.1, 0.15) is 6.61 Å². The smallest absolute Gasteiger partial charge is 0.362 e. The SMILES string of the molecule is CC/C=C/C/C=C/C/C=C/C/C=C/C/C=C/CCCCCCCCC(=O)OCC(COCCC(C(=O)O)[N+](C)(C)C)OC(=O)CCCCCCCCCCCCCCC/C=C/C/C=C/C/C=C/CC. The number of allylic oxidation sites excluding steroid dienone is 16. The van der Waals surface area contributed by atoms with E-state index in [1.54, 1.807) is 0 Å². The third-order valence-corrected chi connectivity index (χ3v) is 12.0. The summed E-state index contributed by atoms with van der Waals surface area (Å²) in [5.41, 5.74) is 0. The third-order valence-electron chi connectivity index (χ3n) is 12.0. The number of carbonyl (C=O) groups excluding carboxylic acids is 2. The van der Waals surface area contributed by atoms with Crippen LogP contribution in [0, 0.1) is 0 Å². The van der Waals surface area contributed by atoms with Gasteiger partial charge >= 0.3 is 17.9 Å². The number of quaternary nitrogens is 1. The molecule has 0 aromatic rings. The van der Waals surface area contributed by atoms with Gasteiger partial charge in [-0.2, -0.15) is 0 Å². The van der Waals surface area contributed by atoms with E-state index in [1.807, 2.05) is 21.1 Å². The molecule has 0 radical (unpaired) electrons. The molecule has 0 spiro atoms. The molecule has 0 saturated heterocycles. The van der Waals surface area contributed by atoms with Crippen LogP contribution in [0.1, 0.15) is 219 Å². The van der Waals surface area contributed by atoms with E-state index in [-0.39, 0.29) is 36.2 Å². The minimum Gasteiger partial charge on any atom is -0.477 e. The lowest BCUT2D eigenvalue weighted by molar-refractivity contribution is -0.887. The van der Waals surface area contributed by atoms with E-state index in [9.17, 15) is 19.5 Å². The zero-order valence-electron chi connectivity index (χ0n) is 45.0. The number of esters is 2. The molecule has 2 unspecified atom stereocenters. The topological polar surface area (TPSA) is 99.1 Å². The molecule has 2 atom stereocenters. The van der Waals surface area contributed by atoms with Gasteiger partial charge in [0.05, 0.1) is 34.4 Å². The summed E-state index contributed by atoms with van der Waals surface area (Å²) >= 11 is 0. The average molecular weight is 964 g/mol. The number of carboxylic acid groups (broad SMARTS) is 1. The quantitative estimate of drug-likeness (QED) is 0.0281. The molecule has 0 heterocycles. The van der Waals surface area contributed by atoms with Crippen molar-refractivity contribution >= 4 is 17.9 Å². The first-order valence-corrected chi connectivity index (χ1v) is 27.8. The predicted octanol–water partition coefficient (Wildman–Crippen LogP) is 16.6. The molecule has 0 fully saturated rings. The Balaban J connectivity index is 4.23. The van der Waals surface area contributed by atoms with Crippen LogP contribution in [0.5, 0.6) is 0 Å². The van der Waals surface area contributed by atoms with E-state index in [0.717, 1.165) is 103 Å². The monoisotopic (exact) mass is 963 g/mol. The molecule has 8 nitrogen and oxygen atoms in total. The van der Waals surface area contributed by atoms with E-state index >= 15 is 0 Å². The van der Waals surface area contributed by atoms with Crippen molar-refractivity contribution in [3.05, 3.63) is 97.2 Å². The van der Waals surface area contributed by atoms with Gasteiger partial charge in [0.2, 0.25) is 0 Å². The summed E-state index contributed by atoms with van der Waals surface area (Å²) < 4.78 is 17.4. The zero-order chi connectivity index (χ0) is 50.6. The van der Waals surface area contributed by atoms with Crippen molar-refractivity contribution in [1.82, 2.24) is 0 Å². The van der Waals surface area contributed by atoms with Gasteiger partial charge < -0.3 is 23.8 Å². The van der Waals surface area contributed by atoms with Gasteiger partial charge in [-0.25, -0.2) is 4.79 Å². The average Bonchev–Trinajstić information content (AvgIpc) is 3.31. The number of aliphatic carboxylic acids is 1. The first kappa shape index (κ1) is 65.2. The minimum absolute atomic E-state index is 0.0514. The number of ether oxygens (including phenoxy) is 3. The molecule has 0 aromatic carbocycles. The van der Waals surface area contributed by atoms with Crippen molar-refractivity contribution in [1.29, 1.82) is 0 Å². The Morgan fingerprint density at radius 2 is 0.768 bits per heavy atom. The molecule has 0 bridgehead atoms. The van der Waals surface area contributed by atoms with Crippen LogP contribution in [-0.2, 0) is 28.6 Å². The number of nitrogens with zero attached hydrogens (tertiary/aromatic N) is 1. The van der Waals surface area contributed by atoms with Gasteiger partial charge in [-0.05, 0) is 89.9 Å². The second-order valence-corrected chi connectivity index (χ2v) is 19.4. The first-order valence-electron chi connectivity index (χ1n) is 27.8. The zero-order valence-corrected chi connectivity index (χ0v) is 45.0. The summed E-state index contributed by atoms with van der Waals surface area (Å²) in [6, 6.07) is -0.623. The molecule has 8 heteroatoms. The maximum absolute atomic E-state index is 12.8. The summed E-state index contributed by atoms with van der Waals surface area (Å²) in [4.78, 5) is 37.3. The lowest BCUT2D eigenvalue weighted by atomic mass is 10.0. The molecule has 69 heavy (non-hydrogen) atoms. The van der Waals surface area contributed by atoms with E-state index < -0.39 is 18.1 Å². The first-order chi connectivity index (χ1) is 33.6. The van der Waals surface area contributed by atoms with Gasteiger partial charge in [-0.1, -0.05) is 207 Å². The maximum atomic E-state index is 12.8. The predicted molar refractivity (Wildman–Crippen MR) is 293 cm³/mol. The molecule has 0 aliphatic heterocycles. The Morgan fingerprint density at radius 3 is 1.13 bits per heavy atom. The number of unbranched alkanes of at least 4 members (excludes halogenated alkanes) is 19. The van der Waals surface area contributed by atoms with Gasteiger partial charge in [0.25, 0.3) is 0 Å². The summed E-state index contributed by atoms with van der Waals surface area (Å²) in [6.45, 7) is 4.51. The van der Waals surface area contributed by atoms with Crippen LogP contribution in [-0.4, -0.2) is 80.6 Å². The van der Waals surface area contributed by atoms with E-state index in [1.165, 1.54) is 83.5 Å². The molecule has 0 amide bonds. The van der Waals surface area contributed by atoms with Crippen molar-refractivity contribution < 1.29 is 38.2 Å². The van der Waals surface area contributed by atoms with E-state index in [2.05, 4.69) is 111 Å². The Bertz CT molecular complexity index is 1450. The van der Waals surface area contributed by atoms with Gasteiger partial charge in [0, 0.05) is 19.3 Å². The number of carboxylic acids is 1. The van der Waals surface area contributed by atoms with Gasteiger partial charge in [0.15, 0.2) is 12.1 Å². The highest BCUT2D eigenvalue weighted by atomic mass is 16.6. The van der Waals surface area contributed by atoms with Crippen LogP contribution < -0.4 is 0 Å². The Labute approximate surface area is 424 Å². The van der Waals surface area contributed by atoms with Crippen LogP contribution in [0.15, 0.2) is 97.2 Å². The number of hydrogen-bond donors (Lipinski definition) is 1. The fraction of sp³-hybridized carbons (Fsp3) is 0.689. The molecule has 0 aliphatic rings. The van der Waals surface area contributed by atoms with E-state index in [0.29, 0.717) is 19.3 Å². The van der Waals surface area contributed by atoms with Crippen LogP contribution >= 0.6 is 0 Å². The molecule has 0 saturated carbocycles. The Hall–Kier alpha value is -3.75. The number of rotatable bonds is 49. The summed E-state index contributed by atoms with van der Waals surface area (Å²) in [5, 5.41) is 9.68. The highest BCUT2D eigenvalue weighted by molar-refractivity contribution is 5.72. The number of hydrogen-bond acceptors (Lipinski definition) is 6. The molecule has 0 aliphatic carbocycles. The molecule has 0 rings (SSSR count). The lowest BCUT2D eigenvalue weighted by Gasteiger charge is -2.31. The maximum Gasteiger partial charge on any atom is 0.362 e. The molecular formula is C61H104NO7+. The van der Waals surface area contributed by atoms with Crippen molar-refractivity contribution in [2.24, 2.45) is 0 Å². The van der Waals surface area contributed by atoms with Crippen LogP contribution in [0.25, 0.3) is 0 Å². The molecule has 394 valence electrons. The standard InChI is InChI=1S/C61H103NO7/c1-6-8-10-12-14-16-18-20-22-24-26-28-30-32-34-36-38-40-42-44-46-48-50-52-60(64)69-57(55-67-54-53-58(61(65)66)62(3,4)5)56-68-59(63)51-49-47-45-43-41-39-37-35-33-31-29-27-25-23-21-19-17-15-13-11-9-7-2/h8-11,14-17,20-23,27,29,33,35,57-58H,6-7,12-13,18-19,24-26,28,30-32,34,36-56H2,1-5H3/p+1/b10-8+,11-9+,16-14+,17-15+,22-20+,23-21+,29-27+,35-33+. The minimum atomic E-state index is -0.879. The second kappa shape index (κ2) is 50.6. The highest BCUT2D eigenvalue weighted by Crippen LogP contribution is 2.15.